The Labute approximate surface area is 66.6 Å². The van der Waals surface area contributed by atoms with Crippen LogP contribution in [0.2, 0.25) is 0 Å². The molecule has 1 aliphatic heterocycles. The molecule has 0 unspecified atom stereocenters. The van der Waals surface area contributed by atoms with Crippen LogP contribution in [0.25, 0.3) is 0 Å². The van der Waals surface area contributed by atoms with Crippen LogP contribution in [0, 0.1) is 0 Å². The first-order valence-corrected chi connectivity index (χ1v) is 3.72. The van der Waals surface area contributed by atoms with Crippen molar-refractivity contribution >= 4 is 0 Å². The zero-order chi connectivity index (χ0) is 8.43. The van der Waals surface area contributed by atoms with E-state index >= 15 is 0 Å². The van der Waals surface area contributed by atoms with Crippen LogP contribution in [0.15, 0.2) is 12.3 Å². The third-order valence-electron chi connectivity index (χ3n) is 2.13. The molecule has 11 heavy (non-hydrogen) atoms. The smallest absolute Gasteiger partial charge is 0.115 e. The van der Waals surface area contributed by atoms with Crippen molar-refractivity contribution in [1.82, 2.24) is 4.90 Å². The number of alkyl halides is 1. The summed E-state index contributed by atoms with van der Waals surface area (Å²) in [6, 6.07) is 0.0648. The van der Waals surface area contributed by atoms with Crippen molar-refractivity contribution in [1.29, 1.82) is 0 Å². The molecule has 3 heteroatoms. The normalized spacial score (nSPS) is 32.3. The van der Waals surface area contributed by atoms with Crippen LogP contribution in [0.1, 0.15) is 6.42 Å². The van der Waals surface area contributed by atoms with Crippen molar-refractivity contribution in [3.8, 4) is 0 Å². The summed E-state index contributed by atoms with van der Waals surface area (Å²) in [6.45, 7) is 4.20. The minimum Gasteiger partial charge on any atom is -0.500 e. The molecule has 0 aromatic heterocycles. The number of likely N-dealkylation sites (tertiary alicyclic amines) is 1. The van der Waals surface area contributed by atoms with E-state index < -0.39 is 6.17 Å². The van der Waals surface area contributed by atoms with Gasteiger partial charge in [0.15, 0.2) is 0 Å². The molecule has 0 saturated carbocycles. The summed E-state index contributed by atoms with van der Waals surface area (Å²) >= 11 is 0. The van der Waals surface area contributed by atoms with E-state index in [-0.39, 0.29) is 6.04 Å². The summed E-state index contributed by atoms with van der Waals surface area (Å²) < 4.78 is 17.7. The van der Waals surface area contributed by atoms with Crippen molar-refractivity contribution in [3.63, 3.8) is 0 Å². The largest absolute Gasteiger partial charge is 0.500 e. The number of hydrogen-bond donors (Lipinski definition) is 0. The summed E-state index contributed by atoms with van der Waals surface area (Å²) in [4.78, 5) is 1.93. The zero-order valence-electron chi connectivity index (χ0n) is 7.01. The van der Waals surface area contributed by atoms with Crippen molar-refractivity contribution in [2.75, 3.05) is 20.7 Å². The van der Waals surface area contributed by atoms with Gasteiger partial charge in [-0.15, -0.1) is 0 Å². The molecular formula is C8H14FNO. The van der Waals surface area contributed by atoms with Crippen molar-refractivity contribution in [2.45, 2.75) is 18.6 Å². The predicted octanol–water partition coefficient (Wildman–Crippen LogP) is 1.19. The van der Waals surface area contributed by atoms with Gasteiger partial charge in [0, 0.05) is 13.0 Å². The summed E-state index contributed by atoms with van der Waals surface area (Å²) in [5, 5.41) is 0. The molecule has 0 spiro atoms. The SMILES string of the molecule is C=C(OC)[C@@H]1C[C@H](F)CN1C. The van der Waals surface area contributed by atoms with Crippen LogP contribution in [0.5, 0.6) is 0 Å². The molecule has 2 atom stereocenters. The molecule has 0 N–H and O–H groups in total. The lowest BCUT2D eigenvalue weighted by atomic mass is 10.2. The molecule has 0 aliphatic carbocycles. The molecule has 2 nitrogen and oxygen atoms in total. The van der Waals surface area contributed by atoms with Gasteiger partial charge in [-0.25, -0.2) is 4.39 Å². The molecule has 0 radical (unpaired) electrons. The molecule has 0 bridgehead atoms. The van der Waals surface area contributed by atoms with Gasteiger partial charge in [-0.05, 0) is 7.05 Å². The van der Waals surface area contributed by atoms with Crippen LogP contribution < -0.4 is 0 Å². The van der Waals surface area contributed by atoms with E-state index in [2.05, 4.69) is 6.58 Å². The van der Waals surface area contributed by atoms with Gasteiger partial charge in [-0.1, -0.05) is 6.58 Å². The van der Waals surface area contributed by atoms with Crippen molar-refractivity contribution < 1.29 is 9.13 Å². The Kier molecular flexibility index (Phi) is 2.49. The fourth-order valence-electron chi connectivity index (χ4n) is 1.45. The molecule has 0 amide bonds. The molecule has 1 rings (SSSR count). The highest BCUT2D eigenvalue weighted by molar-refractivity contribution is 5.02. The standard InChI is InChI=1S/C8H14FNO/c1-6(11-3)8-4-7(9)5-10(8)2/h7-8H,1,4-5H2,2-3H3/t7-,8-/m0/s1. The molecule has 64 valence electrons. The van der Waals surface area contributed by atoms with Crippen LogP contribution in [-0.4, -0.2) is 37.8 Å². The number of likely N-dealkylation sites (N-methyl/N-ethyl adjacent to an activating group) is 1. The molecule has 1 heterocycles. The Morgan fingerprint density at radius 2 is 2.36 bits per heavy atom. The topological polar surface area (TPSA) is 12.5 Å². The number of halogens is 1. The van der Waals surface area contributed by atoms with E-state index in [1.165, 1.54) is 0 Å². The second kappa shape index (κ2) is 3.22. The van der Waals surface area contributed by atoms with Gasteiger partial charge in [0.25, 0.3) is 0 Å². The van der Waals surface area contributed by atoms with Crippen LogP contribution in [0.4, 0.5) is 4.39 Å². The molecule has 1 aliphatic rings. The Bertz CT molecular complexity index is 160. The number of methoxy groups -OCH3 is 1. The lowest BCUT2D eigenvalue weighted by Gasteiger charge is -2.19. The van der Waals surface area contributed by atoms with Crippen LogP contribution in [0.3, 0.4) is 0 Å². The van der Waals surface area contributed by atoms with Gasteiger partial charge < -0.3 is 4.74 Å². The highest BCUT2D eigenvalue weighted by atomic mass is 19.1. The minimum absolute atomic E-state index is 0.0648. The van der Waals surface area contributed by atoms with E-state index in [4.69, 9.17) is 4.74 Å². The van der Waals surface area contributed by atoms with E-state index in [1.807, 2.05) is 11.9 Å². The summed E-state index contributed by atoms with van der Waals surface area (Å²) in [5.74, 6) is 0.660. The fourth-order valence-corrected chi connectivity index (χ4v) is 1.45. The van der Waals surface area contributed by atoms with E-state index in [1.54, 1.807) is 7.11 Å². The summed E-state index contributed by atoms with van der Waals surface area (Å²) in [6.07, 6.45) is -0.208. The third kappa shape index (κ3) is 1.71. The van der Waals surface area contributed by atoms with E-state index in [0.717, 1.165) is 0 Å². The molecule has 0 aromatic rings. The number of rotatable bonds is 2. The maximum absolute atomic E-state index is 12.8. The molecule has 1 saturated heterocycles. The maximum Gasteiger partial charge on any atom is 0.115 e. The Balaban J connectivity index is 2.52. The first-order valence-electron chi connectivity index (χ1n) is 3.72. The highest BCUT2D eigenvalue weighted by Gasteiger charge is 2.31. The maximum atomic E-state index is 12.8. The lowest BCUT2D eigenvalue weighted by molar-refractivity contribution is 0.207. The Morgan fingerprint density at radius 3 is 2.73 bits per heavy atom. The molecule has 1 fully saturated rings. The minimum atomic E-state index is -0.725. The number of nitrogens with zero attached hydrogens (tertiary/aromatic N) is 1. The second-order valence-corrected chi connectivity index (χ2v) is 2.96. The van der Waals surface area contributed by atoms with Gasteiger partial charge in [0.05, 0.1) is 13.2 Å². The molecule has 0 aromatic carbocycles. The monoisotopic (exact) mass is 159 g/mol. The number of hydrogen-bond acceptors (Lipinski definition) is 2. The lowest BCUT2D eigenvalue weighted by Crippen LogP contribution is -2.27. The van der Waals surface area contributed by atoms with Gasteiger partial charge in [0.2, 0.25) is 0 Å². The van der Waals surface area contributed by atoms with Gasteiger partial charge in [0.1, 0.15) is 11.9 Å². The summed E-state index contributed by atoms with van der Waals surface area (Å²) in [5.41, 5.74) is 0. The zero-order valence-corrected chi connectivity index (χ0v) is 7.01. The fraction of sp³-hybridized carbons (Fsp3) is 0.750. The van der Waals surface area contributed by atoms with Crippen molar-refractivity contribution in [2.24, 2.45) is 0 Å². The predicted molar refractivity (Wildman–Crippen MR) is 42.1 cm³/mol. The average molecular weight is 159 g/mol. The quantitative estimate of drug-likeness (QED) is 0.561. The van der Waals surface area contributed by atoms with Gasteiger partial charge in [-0.3, -0.25) is 4.90 Å². The van der Waals surface area contributed by atoms with Gasteiger partial charge >= 0.3 is 0 Å². The van der Waals surface area contributed by atoms with Gasteiger partial charge in [-0.2, -0.15) is 0 Å². The average Bonchev–Trinajstić information content (AvgIpc) is 2.28. The first kappa shape index (κ1) is 8.53. The Morgan fingerprint density at radius 1 is 1.73 bits per heavy atom. The van der Waals surface area contributed by atoms with Crippen LogP contribution in [-0.2, 0) is 4.74 Å². The van der Waals surface area contributed by atoms with Crippen LogP contribution >= 0.6 is 0 Å². The number of ether oxygens (including phenoxy) is 1. The third-order valence-corrected chi connectivity index (χ3v) is 2.13. The first-order chi connectivity index (χ1) is 5.15. The van der Waals surface area contributed by atoms with E-state index in [9.17, 15) is 4.39 Å². The highest BCUT2D eigenvalue weighted by Crippen LogP contribution is 2.23. The summed E-state index contributed by atoms with van der Waals surface area (Å²) in [7, 11) is 3.45. The Hall–Kier alpha value is -0.570. The van der Waals surface area contributed by atoms with E-state index in [0.29, 0.717) is 18.7 Å². The van der Waals surface area contributed by atoms with Crippen molar-refractivity contribution in [3.05, 3.63) is 12.3 Å². The molecular weight excluding hydrogens is 145 g/mol. The second-order valence-electron chi connectivity index (χ2n) is 2.96.